The molecule has 27 heavy (non-hydrogen) atoms. The summed E-state index contributed by atoms with van der Waals surface area (Å²) in [5.41, 5.74) is -0.358. The second-order valence-electron chi connectivity index (χ2n) is 6.81. The number of rotatable bonds is 6. The molecule has 0 saturated carbocycles. The van der Waals surface area contributed by atoms with Crippen LogP contribution in [0.2, 0.25) is 0 Å². The molecule has 1 atom stereocenters. The standard InChI is InChI=1S/C17H24N2O7S/c1-18(13-2-7-27(22,23)12-13)17(21)11-26-16-10-25-14(8-15(16)20)9-19-3-5-24-6-4-19/h8,10,13H,2-7,9,11-12H2,1H3/t13-/m0/s1. The third-order valence-corrected chi connectivity index (χ3v) is 6.59. The minimum Gasteiger partial charge on any atom is -0.477 e. The van der Waals surface area contributed by atoms with E-state index in [2.05, 4.69) is 4.90 Å². The lowest BCUT2D eigenvalue weighted by Crippen LogP contribution is -2.40. The first-order valence-electron chi connectivity index (χ1n) is 8.85. The lowest BCUT2D eigenvalue weighted by Gasteiger charge is -2.25. The zero-order valence-electron chi connectivity index (χ0n) is 15.3. The second-order valence-corrected chi connectivity index (χ2v) is 9.04. The molecule has 3 rings (SSSR count). The molecule has 2 fully saturated rings. The number of sulfone groups is 1. The molecule has 9 nitrogen and oxygen atoms in total. The molecule has 0 spiro atoms. The predicted octanol–water partition coefficient (Wildman–Crippen LogP) is -0.504. The van der Waals surface area contributed by atoms with Crippen molar-refractivity contribution in [2.75, 3.05) is 51.5 Å². The Kier molecular flexibility index (Phi) is 6.18. The summed E-state index contributed by atoms with van der Waals surface area (Å²) in [5, 5.41) is 0. The first-order valence-corrected chi connectivity index (χ1v) is 10.7. The normalized spacial score (nSPS) is 22.5. The topological polar surface area (TPSA) is 106 Å². The smallest absolute Gasteiger partial charge is 0.260 e. The van der Waals surface area contributed by atoms with Crippen molar-refractivity contribution in [2.45, 2.75) is 19.0 Å². The lowest BCUT2D eigenvalue weighted by molar-refractivity contribution is -0.133. The van der Waals surface area contributed by atoms with Crippen LogP contribution in [0.1, 0.15) is 12.2 Å². The van der Waals surface area contributed by atoms with E-state index in [0.717, 1.165) is 13.1 Å². The molecule has 10 heteroatoms. The van der Waals surface area contributed by atoms with Crippen molar-refractivity contribution in [3.8, 4) is 5.75 Å². The number of ether oxygens (including phenoxy) is 2. The molecule has 1 aromatic heterocycles. The van der Waals surface area contributed by atoms with E-state index in [1.807, 2.05) is 0 Å². The van der Waals surface area contributed by atoms with Gasteiger partial charge in [-0.15, -0.1) is 0 Å². The Morgan fingerprint density at radius 1 is 1.37 bits per heavy atom. The van der Waals surface area contributed by atoms with Crippen molar-refractivity contribution in [3.05, 3.63) is 28.3 Å². The van der Waals surface area contributed by atoms with Crippen LogP contribution in [0, 0.1) is 0 Å². The minimum atomic E-state index is -3.08. The first kappa shape index (κ1) is 19.8. The Balaban J connectivity index is 1.53. The van der Waals surface area contributed by atoms with Gasteiger partial charge in [-0.05, 0) is 6.42 Å². The summed E-state index contributed by atoms with van der Waals surface area (Å²) in [6.07, 6.45) is 1.63. The molecule has 1 aromatic rings. The molecule has 2 aliphatic rings. The van der Waals surface area contributed by atoms with Crippen molar-refractivity contribution in [3.63, 3.8) is 0 Å². The summed E-state index contributed by atoms with van der Waals surface area (Å²) in [6.45, 7) is 3.03. The van der Waals surface area contributed by atoms with E-state index in [1.165, 1.54) is 17.2 Å². The van der Waals surface area contributed by atoms with Crippen LogP contribution < -0.4 is 10.2 Å². The molecule has 0 unspecified atom stereocenters. The zero-order valence-corrected chi connectivity index (χ0v) is 16.1. The number of likely N-dealkylation sites (N-methyl/N-ethyl adjacent to an activating group) is 1. The highest BCUT2D eigenvalue weighted by Gasteiger charge is 2.32. The van der Waals surface area contributed by atoms with Gasteiger partial charge in [-0.1, -0.05) is 0 Å². The average molecular weight is 400 g/mol. The van der Waals surface area contributed by atoms with Gasteiger partial charge in [0.15, 0.2) is 16.4 Å². The summed E-state index contributed by atoms with van der Waals surface area (Å²) in [7, 11) is -1.53. The highest BCUT2D eigenvalue weighted by atomic mass is 32.2. The van der Waals surface area contributed by atoms with E-state index in [0.29, 0.717) is 31.9 Å². The Labute approximate surface area is 157 Å². The number of carbonyl (C=O) groups is 1. The predicted molar refractivity (Wildman–Crippen MR) is 96.4 cm³/mol. The van der Waals surface area contributed by atoms with Gasteiger partial charge in [-0.3, -0.25) is 14.5 Å². The molecule has 3 heterocycles. The van der Waals surface area contributed by atoms with Crippen molar-refractivity contribution in [2.24, 2.45) is 0 Å². The van der Waals surface area contributed by atoms with Crippen LogP contribution in [0.5, 0.6) is 5.75 Å². The van der Waals surface area contributed by atoms with Gasteiger partial charge in [-0.2, -0.15) is 0 Å². The van der Waals surface area contributed by atoms with Crippen LogP contribution in [0.15, 0.2) is 21.5 Å². The third kappa shape index (κ3) is 5.30. The Bertz CT molecular complexity index is 830. The van der Waals surface area contributed by atoms with E-state index >= 15 is 0 Å². The zero-order chi connectivity index (χ0) is 19.4. The molecule has 0 bridgehead atoms. The lowest BCUT2D eigenvalue weighted by atomic mass is 10.2. The van der Waals surface area contributed by atoms with Crippen LogP contribution in [0.3, 0.4) is 0 Å². The minimum absolute atomic E-state index is 0.0341. The van der Waals surface area contributed by atoms with Gasteiger partial charge >= 0.3 is 0 Å². The van der Waals surface area contributed by atoms with Gasteiger partial charge in [0, 0.05) is 32.2 Å². The van der Waals surface area contributed by atoms with E-state index in [4.69, 9.17) is 13.9 Å². The van der Waals surface area contributed by atoms with Crippen LogP contribution >= 0.6 is 0 Å². The van der Waals surface area contributed by atoms with Gasteiger partial charge in [-0.25, -0.2) is 8.42 Å². The monoisotopic (exact) mass is 400 g/mol. The molecule has 1 amide bonds. The van der Waals surface area contributed by atoms with Crippen LogP contribution in [-0.2, 0) is 25.9 Å². The molecule has 2 aliphatic heterocycles. The molecule has 0 N–H and O–H groups in total. The summed E-state index contributed by atoms with van der Waals surface area (Å²) in [4.78, 5) is 27.9. The Morgan fingerprint density at radius 2 is 2.11 bits per heavy atom. The van der Waals surface area contributed by atoms with Crippen molar-refractivity contribution in [1.29, 1.82) is 0 Å². The summed E-state index contributed by atoms with van der Waals surface area (Å²) < 4.78 is 39.1. The number of morpholine rings is 1. The van der Waals surface area contributed by atoms with E-state index in [1.54, 1.807) is 7.05 Å². The fourth-order valence-corrected chi connectivity index (χ4v) is 4.91. The average Bonchev–Trinajstić information content (AvgIpc) is 3.01. The summed E-state index contributed by atoms with van der Waals surface area (Å²) >= 11 is 0. The molecule has 150 valence electrons. The number of nitrogens with zero attached hydrogens (tertiary/aromatic N) is 2. The second kappa shape index (κ2) is 8.41. The maximum Gasteiger partial charge on any atom is 0.260 e. The van der Waals surface area contributed by atoms with Crippen molar-refractivity contribution in [1.82, 2.24) is 9.80 Å². The number of hydrogen-bond donors (Lipinski definition) is 0. The number of carbonyl (C=O) groups excluding carboxylic acids is 1. The third-order valence-electron chi connectivity index (χ3n) is 4.84. The van der Waals surface area contributed by atoms with Gasteiger partial charge < -0.3 is 18.8 Å². The number of amides is 1. The molecule has 2 saturated heterocycles. The van der Waals surface area contributed by atoms with Gasteiger partial charge in [0.1, 0.15) is 12.0 Å². The largest absolute Gasteiger partial charge is 0.477 e. The summed E-state index contributed by atoms with van der Waals surface area (Å²) in [5.74, 6) is 0.155. The Morgan fingerprint density at radius 3 is 2.74 bits per heavy atom. The fourth-order valence-electron chi connectivity index (χ4n) is 3.13. The quantitative estimate of drug-likeness (QED) is 0.629. The SMILES string of the molecule is CN(C(=O)COc1coc(CN2CCOCC2)cc1=O)[C@H]1CCS(=O)(=O)C1. The maximum absolute atomic E-state index is 12.2. The summed E-state index contributed by atoms with van der Waals surface area (Å²) in [6, 6.07) is 1.01. The van der Waals surface area contributed by atoms with Crippen LogP contribution in [0.4, 0.5) is 0 Å². The first-order chi connectivity index (χ1) is 12.8. The van der Waals surface area contributed by atoms with Crippen molar-refractivity contribution < 1.29 is 27.1 Å². The maximum atomic E-state index is 12.2. The number of hydrogen-bond acceptors (Lipinski definition) is 8. The molecule has 0 aromatic carbocycles. The molecule has 0 aliphatic carbocycles. The molecule has 0 radical (unpaired) electrons. The fraction of sp³-hybridized carbons (Fsp3) is 0.647. The van der Waals surface area contributed by atoms with E-state index in [9.17, 15) is 18.0 Å². The van der Waals surface area contributed by atoms with Gasteiger partial charge in [0.05, 0.1) is 31.3 Å². The van der Waals surface area contributed by atoms with Crippen LogP contribution in [-0.4, -0.2) is 81.6 Å². The van der Waals surface area contributed by atoms with Crippen molar-refractivity contribution >= 4 is 15.7 Å². The molecular weight excluding hydrogens is 376 g/mol. The highest BCUT2D eigenvalue weighted by Crippen LogP contribution is 2.17. The Hall–Kier alpha value is -1.91. The molecular formula is C17H24N2O7S. The van der Waals surface area contributed by atoms with E-state index in [-0.39, 0.29) is 41.2 Å². The van der Waals surface area contributed by atoms with Crippen LogP contribution in [0.25, 0.3) is 0 Å². The highest BCUT2D eigenvalue weighted by molar-refractivity contribution is 7.91. The van der Waals surface area contributed by atoms with Gasteiger partial charge in [0.2, 0.25) is 11.2 Å². The van der Waals surface area contributed by atoms with Gasteiger partial charge in [0.25, 0.3) is 5.91 Å². The van der Waals surface area contributed by atoms with E-state index < -0.39 is 9.84 Å².